The maximum absolute atomic E-state index is 11.3. The van der Waals surface area contributed by atoms with Crippen molar-refractivity contribution >= 4 is 17.6 Å². The number of esters is 1. The zero-order chi connectivity index (χ0) is 12.4. The van der Waals surface area contributed by atoms with Crippen molar-refractivity contribution in [2.75, 3.05) is 7.11 Å². The lowest BCUT2D eigenvalue weighted by Gasteiger charge is -2.16. The number of methoxy groups -OCH3 is 1. The second-order valence-corrected chi connectivity index (χ2v) is 4.87. The van der Waals surface area contributed by atoms with Crippen LogP contribution in [0.2, 0.25) is 5.02 Å². The Morgan fingerprint density at radius 3 is 2.88 bits per heavy atom. The molecule has 0 fully saturated rings. The van der Waals surface area contributed by atoms with Gasteiger partial charge in [-0.05, 0) is 43.0 Å². The third kappa shape index (κ3) is 2.79. The van der Waals surface area contributed by atoms with Crippen LogP contribution in [0.1, 0.15) is 18.1 Å². The summed E-state index contributed by atoms with van der Waals surface area (Å²) in [6.07, 6.45) is 1.85. The number of carbonyl (C=O) groups is 1. The van der Waals surface area contributed by atoms with E-state index in [1.807, 2.05) is 19.1 Å². The van der Waals surface area contributed by atoms with E-state index in [9.17, 15) is 4.79 Å². The summed E-state index contributed by atoms with van der Waals surface area (Å²) in [5.74, 6) is -0.223. The van der Waals surface area contributed by atoms with Gasteiger partial charge in [0.2, 0.25) is 0 Å². The average molecular weight is 254 g/mol. The molecule has 2 rings (SSSR count). The molecule has 4 heteroatoms. The molecule has 0 amide bonds. The predicted molar refractivity (Wildman–Crippen MR) is 67.3 cm³/mol. The van der Waals surface area contributed by atoms with Gasteiger partial charge in [0.1, 0.15) is 6.04 Å². The Balaban J connectivity index is 1.98. The summed E-state index contributed by atoms with van der Waals surface area (Å²) in [5.41, 5.74) is 2.58. The number of benzene rings is 1. The molecule has 0 heterocycles. The zero-order valence-electron chi connectivity index (χ0n) is 10.00. The third-order valence-corrected chi connectivity index (χ3v) is 3.38. The van der Waals surface area contributed by atoms with Crippen molar-refractivity contribution in [1.29, 1.82) is 0 Å². The molecule has 17 heavy (non-hydrogen) atoms. The molecule has 0 aromatic heterocycles. The van der Waals surface area contributed by atoms with Gasteiger partial charge in [0.05, 0.1) is 7.11 Å². The van der Waals surface area contributed by atoms with Crippen LogP contribution in [0.25, 0.3) is 0 Å². The van der Waals surface area contributed by atoms with Gasteiger partial charge in [-0.15, -0.1) is 0 Å². The maximum atomic E-state index is 11.3. The van der Waals surface area contributed by atoms with Crippen LogP contribution in [-0.2, 0) is 22.4 Å². The Morgan fingerprint density at radius 2 is 2.18 bits per heavy atom. The fourth-order valence-corrected chi connectivity index (χ4v) is 2.50. The van der Waals surface area contributed by atoms with Crippen molar-refractivity contribution in [2.24, 2.45) is 0 Å². The molecule has 1 N–H and O–H groups in total. The fraction of sp³-hybridized carbons (Fsp3) is 0.462. The lowest BCUT2D eigenvalue weighted by molar-refractivity contribution is -0.142. The summed E-state index contributed by atoms with van der Waals surface area (Å²) < 4.78 is 4.70. The second kappa shape index (κ2) is 5.07. The van der Waals surface area contributed by atoms with Crippen LogP contribution in [0.15, 0.2) is 18.2 Å². The van der Waals surface area contributed by atoms with E-state index in [1.54, 1.807) is 0 Å². The topological polar surface area (TPSA) is 38.3 Å². The van der Waals surface area contributed by atoms with Gasteiger partial charge < -0.3 is 10.1 Å². The monoisotopic (exact) mass is 253 g/mol. The third-order valence-electron chi connectivity index (χ3n) is 3.14. The normalized spacial score (nSPS) is 19.8. The fourth-order valence-electron chi connectivity index (χ4n) is 2.30. The number of ether oxygens (including phenoxy) is 1. The van der Waals surface area contributed by atoms with Gasteiger partial charge in [0, 0.05) is 11.1 Å². The van der Waals surface area contributed by atoms with Gasteiger partial charge >= 0.3 is 5.97 Å². The molecule has 1 unspecified atom stereocenters. The minimum absolute atomic E-state index is 0.223. The highest BCUT2D eigenvalue weighted by Crippen LogP contribution is 2.25. The van der Waals surface area contributed by atoms with E-state index < -0.39 is 0 Å². The number of rotatable bonds is 3. The van der Waals surface area contributed by atoms with Crippen molar-refractivity contribution in [1.82, 2.24) is 5.32 Å². The number of carbonyl (C=O) groups excluding carboxylic acids is 1. The highest BCUT2D eigenvalue weighted by Gasteiger charge is 2.25. The van der Waals surface area contributed by atoms with Crippen molar-refractivity contribution in [3.05, 3.63) is 34.3 Å². The van der Waals surface area contributed by atoms with E-state index in [2.05, 4.69) is 11.4 Å². The Kier molecular flexibility index (Phi) is 3.69. The van der Waals surface area contributed by atoms with Crippen LogP contribution in [-0.4, -0.2) is 25.2 Å². The van der Waals surface area contributed by atoms with Gasteiger partial charge in [-0.1, -0.05) is 17.7 Å². The van der Waals surface area contributed by atoms with Crippen LogP contribution in [0, 0.1) is 0 Å². The van der Waals surface area contributed by atoms with Gasteiger partial charge in [0.25, 0.3) is 0 Å². The summed E-state index contributed by atoms with van der Waals surface area (Å²) in [5, 5.41) is 4.05. The lowest BCUT2D eigenvalue weighted by Crippen LogP contribution is -2.42. The van der Waals surface area contributed by atoms with E-state index in [-0.39, 0.29) is 18.1 Å². The van der Waals surface area contributed by atoms with E-state index in [4.69, 9.17) is 16.3 Å². The first-order valence-electron chi connectivity index (χ1n) is 5.71. The SMILES string of the molecule is COC(=O)[C@H](C)NC1Cc2ccc(Cl)cc2C1. The summed E-state index contributed by atoms with van der Waals surface area (Å²) in [6, 6.07) is 5.99. The van der Waals surface area contributed by atoms with E-state index >= 15 is 0 Å². The van der Waals surface area contributed by atoms with Crippen LogP contribution in [0.5, 0.6) is 0 Å². The standard InChI is InChI=1S/C13H16ClNO2/c1-8(13(16)17-2)15-12-6-9-3-4-11(14)5-10(9)7-12/h3-5,8,12,15H,6-7H2,1-2H3/t8-,12?/m0/s1. The first-order valence-corrected chi connectivity index (χ1v) is 6.09. The van der Waals surface area contributed by atoms with Crippen molar-refractivity contribution in [2.45, 2.75) is 31.8 Å². The largest absolute Gasteiger partial charge is 0.468 e. The number of halogens is 1. The smallest absolute Gasteiger partial charge is 0.322 e. The molecule has 0 bridgehead atoms. The highest BCUT2D eigenvalue weighted by atomic mass is 35.5. The van der Waals surface area contributed by atoms with Gasteiger partial charge in [-0.2, -0.15) is 0 Å². The van der Waals surface area contributed by atoms with Crippen molar-refractivity contribution in [3.63, 3.8) is 0 Å². The Hall–Kier alpha value is -1.06. The van der Waals surface area contributed by atoms with Crippen LogP contribution >= 0.6 is 11.6 Å². The Morgan fingerprint density at radius 1 is 1.47 bits per heavy atom. The number of nitrogens with one attached hydrogen (secondary N) is 1. The predicted octanol–water partition coefficient (Wildman–Crippen LogP) is 1.96. The van der Waals surface area contributed by atoms with Crippen LogP contribution < -0.4 is 5.32 Å². The first-order chi connectivity index (χ1) is 8.10. The molecule has 0 saturated carbocycles. The van der Waals surface area contributed by atoms with Crippen LogP contribution in [0.4, 0.5) is 0 Å². The quantitative estimate of drug-likeness (QED) is 0.837. The molecule has 1 aromatic rings. The molecule has 92 valence electrons. The van der Waals surface area contributed by atoms with Gasteiger partial charge in [-0.3, -0.25) is 4.79 Å². The summed E-state index contributed by atoms with van der Waals surface area (Å²) in [6.45, 7) is 1.82. The average Bonchev–Trinajstić information content (AvgIpc) is 2.69. The van der Waals surface area contributed by atoms with Gasteiger partial charge in [-0.25, -0.2) is 0 Å². The second-order valence-electron chi connectivity index (χ2n) is 4.43. The maximum Gasteiger partial charge on any atom is 0.322 e. The summed E-state index contributed by atoms with van der Waals surface area (Å²) in [4.78, 5) is 11.3. The highest BCUT2D eigenvalue weighted by molar-refractivity contribution is 6.30. The Labute approximate surface area is 106 Å². The molecule has 1 aliphatic carbocycles. The molecular weight excluding hydrogens is 238 g/mol. The molecule has 3 nitrogen and oxygen atoms in total. The van der Waals surface area contributed by atoms with Crippen LogP contribution in [0.3, 0.4) is 0 Å². The van der Waals surface area contributed by atoms with E-state index in [0.717, 1.165) is 17.9 Å². The molecule has 0 aliphatic heterocycles. The molecule has 0 spiro atoms. The van der Waals surface area contributed by atoms with Gasteiger partial charge in [0.15, 0.2) is 0 Å². The number of fused-ring (bicyclic) bond motifs is 1. The molecule has 1 aliphatic rings. The molecular formula is C13H16ClNO2. The lowest BCUT2D eigenvalue weighted by atomic mass is 10.1. The number of hydrogen-bond donors (Lipinski definition) is 1. The summed E-state index contributed by atoms with van der Waals surface area (Å²) >= 11 is 5.96. The van der Waals surface area contributed by atoms with Crippen molar-refractivity contribution < 1.29 is 9.53 Å². The number of hydrogen-bond acceptors (Lipinski definition) is 3. The minimum Gasteiger partial charge on any atom is -0.468 e. The molecule has 1 aromatic carbocycles. The zero-order valence-corrected chi connectivity index (χ0v) is 10.8. The molecule has 2 atom stereocenters. The first kappa shape index (κ1) is 12.4. The minimum atomic E-state index is -0.269. The molecule has 0 radical (unpaired) electrons. The Bertz CT molecular complexity index is 433. The summed E-state index contributed by atoms with van der Waals surface area (Å²) in [7, 11) is 1.41. The van der Waals surface area contributed by atoms with Crippen molar-refractivity contribution in [3.8, 4) is 0 Å². The van der Waals surface area contributed by atoms with E-state index in [1.165, 1.54) is 18.2 Å². The van der Waals surface area contributed by atoms with E-state index in [0.29, 0.717) is 0 Å². The molecule has 0 saturated heterocycles.